The van der Waals surface area contributed by atoms with Crippen molar-refractivity contribution >= 4 is 35.5 Å². The van der Waals surface area contributed by atoms with E-state index in [1.165, 1.54) is 13.8 Å². The minimum Gasteiger partial charge on any atom is -0.462 e. The number of fused-ring (bicyclic) bond motifs is 2. The summed E-state index contributed by atoms with van der Waals surface area (Å²) in [6.45, 7) is 14.9. The van der Waals surface area contributed by atoms with Crippen LogP contribution in [0.5, 0.6) is 0 Å². The van der Waals surface area contributed by atoms with E-state index >= 15 is 0 Å². The van der Waals surface area contributed by atoms with Crippen LogP contribution in [0.25, 0.3) is 0 Å². The predicted molar refractivity (Wildman–Crippen MR) is 144 cm³/mol. The van der Waals surface area contributed by atoms with Crippen molar-refractivity contribution in [3.8, 4) is 0 Å². The van der Waals surface area contributed by atoms with E-state index in [1.54, 1.807) is 27.7 Å². The molecule has 10 nitrogen and oxygen atoms in total. The highest BCUT2D eigenvalue weighted by molar-refractivity contribution is 6.23. The SMILES string of the molecule is C=C1CC[C@@H](OC(=O)CC)[C@@]2(C)CC[C@H](OC(=O)C(C)C)[C@@](C)(O)[C@@H]2[C@@H](OC(C)=O)[C@]2(O)[C@@H](C)C(=O)O[C@H]2[C@H]1Cl. The average Bonchev–Trinajstić information content (AvgIpc) is 3.10. The maximum Gasteiger partial charge on any atom is 0.312 e. The zero-order valence-electron chi connectivity index (χ0n) is 24.4. The molecule has 2 N–H and O–H groups in total. The Balaban J connectivity index is 2.32. The van der Waals surface area contributed by atoms with E-state index in [1.807, 2.05) is 0 Å². The van der Waals surface area contributed by atoms with Crippen molar-refractivity contribution in [1.82, 2.24) is 0 Å². The normalized spacial score (nSPS) is 41.8. The van der Waals surface area contributed by atoms with Crippen LogP contribution in [0, 0.1) is 23.2 Å². The van der Waals surface area contributed by atoms with Gasteiger partial charge in [-0.2, -0.15) is 0 Å². The number of carbonyl (C=O) groups excluding carboxylic acids is 4. The van der Waals surface area contributed by atoms with E-state index in [0.717, 1.165) is 6.92 Å². The first-order valence-corrected chi connectivity index (χ1v) is 14.4. The summed E-state index contributed by atoms with van der Waals surface area (Å²) in [6.07, 6.45) is -3.72. The van der Waals surface area contributed by atoms with Gasteiger partial charge in [0.2, 0.25) is 0 Å². The molecular weight excluding hydrogens is 544 g/mol. The smallest absolute Gasteiger partial charge is 0.312 e. The first-order chi connectivity index (χ1) is 18.4. The summed E-state index contributed by atoms with van der Waals surface area (Å²) in [5, 5.41) is 23.7. The highest BCUT2D eigenvalue weighted by Gasteiger charge is 2.71. The number of ether oxygens (including phenoxy) is 4. The van der Waals surface area contributed by atoms with Crippen LogP contribution in [0.1, 0.15) is 80.6 Å². The molecule has 10 atom stereocenters. The quantitative estimate of drug-likeness (QED) is 0.213. The lowest BCUT2D eigenvalue weighted by Gasteiger charge is -2.59. The van der Waals surface area contributed by atoms with E-state index in [4.69, 9.17) is 30.5 Å². The van der Waals surface area contributed by atoms with Crippen molar-refractivity contribution in [2.45, 2.75) is 122 Å². The lowest BCUT2D eigenvalue weighted by atomic mass is 9.52. The first kappa shape index (κ1) is 32.3. The van der Waals surface area contributed by atoms with E-state index in [9.17, 15) is 29.4 Å². The molecule has 3 fully saturated rings. The number of esters is 4. The van der Waals surface area contributed by atoms with Crippen LogP contribution >= 0.6 is 11.6 Å². The maximum atomic E-state index is 12.9. The molecule has 0 unspecified atom stereocenters. The fourth-order valence-corrected chi connectivity index (χ4v) is 7.09. The van der Waals surface area contributed by atoms with Crippen molar-refractivity contribution in [3.05, 3.63) is 12.2 Å². The van der Waals surface area contributed by atoms with Gasteiger partial charge in [-0.25, -0.2) is 0 Å². The number of aliphatic hydroxyl groups is 2. The summed E-state index contributed by atoms with van der Waals surface area (Å²) in [5.74, 6) is -5.44. The van der Waals surface area contributed by atoms with Gasteiger partial charge in [-0.15, -0.1) is 11.6 Å². The highest BCUT2D eigenvalue weighted by Crippen LogP contribution is 2.58. The second-order valence-electron chi connectivity index (χ2n) is 12.3. The van der Waals surface area contributed by atoms with Crippen molar-refractivity contribution in [1.29, 1.82) is 0 Å². The van der Waals surface area contributed by atoms with Crippen molar-refractivity contribution in [2.24, 2.45) is 23.2 Å². The van der Waals surface area contributed by atoms with Gasteiger partial charge in [-0.05, 0) is 39.5 Å². The Morgan fingerprint density at radius 2 is 1.75 bits per heavy atom. The van der Waals surface area contributed by atoms with E-state index in [0.29, 0.717) is 5.57 Å². The van der Waals surface area contributed by atoms with Crippen LogP contribution in [0.4, 0.5) is 0 Å². The summed E-state index contributed by atoms with van der Waals surface area (Å²) in [4.78, 5) is 50.9. The molecule has 2 saturated carbocycles. The van der Waals surface area contributed by atoms with Gasteiger partial charge < -0.3 is 29.2 Å². The molecule has 226 valence electrons. The summed E-state index contributed by atoms with van der Waals surface area (Å²) in [5.41, 5.74) is -4.81. The van der Waals surface area contributed by atoms with Gasteiger partial charge in [0.1, 0.15) is 23.9 Å². The van der Waals surface area contributed by atoms with Crippen LogP contribution in [0.15, 0.2) is 12.2 Å². The Bertz CT molecular complexity index is 1040. The average molecular weight is 587 g/mol. The summed E-state index contributed by atoms with van der Waals surface area (Å²) in [7, 11) is 0. The first-order valence-electron chi connectivity index (χ1n) is 14.0. The Labute approximate surface area is 240 Å². The molecule has 3 rings (SSSR count). The lowest BCUT2D eigenvalue weighted by Crippen LogP contribution is -2.71. The maximum absolute atomic E-state index is 12.9. The van der Waals surface area contributed by atoms with Gasteiger partial charge in [0.25, 0.3) is 0 Å². The molecule has 0 amide bonds. The molecule has 0 spiro atoms. The monoisotopic (exact) mass is 586 g/mol. The zero-order valence-corrected chi connectivity index (χ0v) is 25.2. The highest BCUT2D eigenvalue weighted by atomic mass is 35.5. The van der Waals surface area contributed by atoms with E-state index in [-0.39, 0.29) is 32.1 Å². The van der Waals surface area contributed by atoms with E-state index in [2.05, 4.69) is 6.58 Å². The minimum absolute atomic E-state index is 0.0973. The minimum atomic E-state index is -2.21. The van der Waals surface area contributed by atoms with Crippen LogP contribution in [0.3, 0.4) is 0 Å². The van der Waals surface area contributed by atoms with Crippen molar-refractivity contribution in [2.75, 3.05) is 0 Å². The Morgan fingerprint density at radius 3 is 2.30 bits per heavy atom. The van der Waals surface area contributed by atoms with Crippen LogP contribution in [0.2, 0.25) is 0 Å². The van der Waals surface area contributed by atoms with Gasteiger partial charge in [-0.1, -0.05) is 39.8 Å². The van der Waals surface area contributed by atoms with Gasteiger partial charge in [0, 0.05) is 24.7 Å². The number of carbonyl (C=O) groups is 4. The second kappa shape index (κ2) is 11.6. The third-order valence-electron chi connectivity index (χ3n) is 9.15. The third kappa shape index (κ3) is 5.51. The van der Waals surface area contributed by atoms with Gasteiger partial charge >= 0.3 is 23.9 Å². The second-order valence-corrected chi connectivity index (χ2v) is 12.7. The van der Waals surface area contributed by atoms with Crippen LogP contribution < -0.4 is 0 Å². The molecule has 1 aliphatic heterocycles. The van der Waals surface area contributed by atoms with Crippen molar-refractivity contribution in [3.63, 3.8) is 0 Å². The summed E-state index contributed by atoms with van der Waals surface area (Å²) in [6, 6.07) is 0. The van der Waals surface area contributed by atoms with E-state index < -0.39 is 88.0 Å². The predicted octanol–water partition coefficient (Wildman–Crippen LogP) is 3.23. The molecule has 1 saturated heterocycles. The molecule has 2 aliphatic carbocycles. The Kier molecular flexibility index (Phi) is 9.38. The number of rotatable bonds is 5. The third-order valence-corrected chi connectivity index (χ3v) is 9.68. The molecule has 11 heteroatoms. The van der Waals surface area contributed by atoms with Crippen LogP contribution in [-0.2, 0) is 38.1 Å². The molecule has 0 aromatic carbocycles. The lowest BCUT2D eigenvalue weighted by molar-refractivity contribution is -0.270. The summed E-state index contributed by atoms with van der Waals surface area (Å²) >= 11 is 6.77. The molecule has 0 radical (unpaired) electrons. The number of alkyl halides is 1. The molecule has 0 aromatic heterocycles. The Hall–Kier alpha value is -2.17. The largest absolute Gasteiger partial charge is 0.462 e. The van der Waals surface area contributed by atoms with Gasteiger partial charge in [-0.3, -0.25) is 19.2 Å². The Morgan fingerprint density at radius 1 is 1.12 bits per heavy atom. The molecular formula is C29H43ClO10. The molecule has 0 bridgehead atoms. The topological polar surface area (TPSA) is 146 Å². The molecule has 1 heterocycles. The van der Waals surface area contributed by atoms with Crippen molar-refractivity contribution < 1.29 is 48.3 Å². The molecule has 3 aliphatic rings. The number of halogens is 1. The van der Waals surface area contributed by atoms with Gasteiger partial charge in [0.05, 0.1) is 17.2 Å². The fraction of sp³-hybridized carbons (Fsp3) is 0.793. The zero-order chi connectivity index (χ0) is 30.4. The molecule has 0 aromatic rings. The van der Waals surface area contributed by atoms with Gasteiger partial charge in [0.15, 0.2) is 11.7 Å². The fourth-order valence-electron chi connectivity index (χ4n) is 6.73. The summed E-state index contributed by atoms with van der Waals surface area (Å²) < 4.78 is 23.2. The number of hydrogen-bond acceptors (Lipinski definition) is 10. The number of hydrogen-bond donors (Lipinski definition) is 2. The molecule has 40 heavy (non-hydrogen) atoms. The standard InChI is InChI=1S/C29H43ClO10/c1-9-20(32)38-18-11-10-15(4)21(30)23-29(36,16(5)26(34)40-23)24(37-17(6)31)22-27(18,7)13-12-19(28(22,8)35)39-25(33)14(2)3/h14,16,18-19,21-24,35-36H,4,9-13H2,1-3,5-8H3/t16-,18+,19-,21-,22+,23-,24+,27+,28+,29-/m0/s1. The van der Waals surface area contributed by atoms with Crippen LogP contribution in [-0.4, -0.2) is 75.1 Å².